The van der Waals surface area contributed by atoms with Gasteiger partial charge in [0.1, 0.15) is 17.4 Å². The molecule has 2 rings (SSSR count). The van der Waals surface area contributed by atoms with Crippen LogP contribution in [0, 0.1) is 11.6 Å². The van der Waals surface area contributed by atoms with Crippen LogP contribution in [0.4, 0.5) is 14.5 Å². The van der Waals surface area contributed by atoms with Crippen molar-refractivity contribution in [1.82, 2.24) is 5.32 Å². The minimum atomic E-state index is -0.734. The minimum Gasteiger partial charge on any atom is -0.496 e. The highest BCUT2D eigenvalue weighted by Crippen LogP contribution is 2.17. The van der Waals surface area contributed by atoms with E-state index in [0.717, 1.165) is 18.2 Å². The van der Waals surface area contributed by atoms with Crippen LogP contribution in [0.2, 0.25) is 0 Å². The monoisotopic (exact) mass is 334 g/mol. The SMILES string of the molecule is COc1ccccc1C(=O)NCCC(=O)Nc1cc(F)ccc1F. The fraction of sp³-hybridized carbons (Fsp3) is 0.176. The molecule has 0 radical (unpaired) electrons. The smallest absolute Gasteiger partial charge is 0.255 e. The zero-order chi connectivity index (χ0) is 17.5. The lowest BCUT2D eigenvalue weighted by Crippen LogP contribution is -2.28. The first-order valence-corrected chi connectivity index (χ1v) is 7.17. The number of hydrogen-bond donors (Lipinski definition) is 2. The molecule has 2 N–H and O–H groups in total. The van der Waals surface area contributed by atoms with Crippen LogP contribution in [0.5, 0.6) is 5.75 Å². The van der Waals surface area contributed by atoms with E-state index in [9.17, 15) is 18.4 Å². The number of halogens is 2. The van der Waals surface area contributed by atoms with Crippen molar-refractivity contribution in [3.05, 3.63) is 59.7 Å². The molecule has 24 heavy (non-hydrogen) atoms. The maximum Gasteiger partial charge on any atom is 0.255 e. The largest absolute Gasteiger partial charge is 0.496 e. The van der Waals surface area contributed by atoms with Gasteiger partial charge in [0.2, 0.25) is 5.91 Å². The molecule has 2 aromatic carbocycles. The highest BCUT2D eigenvalue weighted by Gasteiger charge is 2.12. The summed E-state index contributed by atoms with van der Waals surface area (Å²) < 4.78 is 31.5. The third-order valence-electron chi connectivity index (χ3n) is 3.19. The van der Waals surface area contributed by atoms with Gasteiger partial charge in [0, 0.05) is 19.0 Å². The number of methoxy groups -OCH3 is 1. The average molecular weight is 334 g/mol. The van der Waals surface area contributed by atoms with Crippen LogP contribution in [0.15, 0.2) is 42.5 Å². The number of anilines is 1. The van der Waals surface area contributed by atoms with Gasteiger partial charge in [-0.2, -0.15) is 0 Å². The molecule has 0 spiro atoms. The Labute approximate surface area is 137 Å². The van der Waals surface area contributed by atoms with E-state index in [0.29, 0.717) is 11.3 Å². The second kappa shape index (κ2) is 8.05. The summed E-state index contributed by atoms with van der Waals surface area (Å²) in [5.74, 6) is -1.91. The van der Waals surface area contributed by atoms with Crippen LogP contribution in [-0.2, 0) is 4.79 Å². The second-order valence-corrected chi connectivity index (χ2v) is 4.88. The molecular weight excluding hydrogens is 318 g/mol. The van der Waals surface area contributed by atoms with Crippen LogP contribution in [0.25, 0.3) is 0 Å². The zero-order valence-corrected chi connectivity index (χ0v) is 12.9. The Morgan fingerprint density at radius 1 is 1.12 bits per heavy atom. The summed E-state index contributed by atoms with van der Waals surface area (Å²) in [6, 6.07) is 9.44. The van der Waals surface area contributed by atoms with Gasteiger partial charge in [-0.1, -0.05) is 12.1 Å². The number of carbonyl (C=O) groups is 2. The molecule has 7 heteroatoms. The van der Waals surface area contributed by atoms with Gasteiger partial charge in [-0.15, -0.1) is 0 Å². The van der Waals surface area contributed by atoms with E-state index >= 15 is 0 Å². The molecule has 0 unspecified atom stereocenters. The third kappa shape index (κ3) is 4.52. The Morgan fingerprint density at radius 3 is 2.62 bits per heavy atom. The first-order valence-electron chi connectivity index (χ1n) is 7.17. The minimum absolute atomic E-state index is 0.0413. The van der Waals surface area contributed by atoms with E-state index in [4.69, 9.17) is 4.74 Å². The van der Waals surface area contributed by atoms with E-state index in [2.05, 4.69) is 10.6 Å². The van der Waals surface area contributed by atoms with Crippen molar-refractivity contribution < 1.29 is 23.1 Å². The highest BCUT2D eigenvalue weighted by molar-refractivity contribution is 5.97. The predicted octanol–water partition coefficient (Wildman–Crippen LogP) is 2.73. The van der Waals surface area contributed by atoms with Gasteiger partial charge in [0.15, 0.2) is 0 Å². The Balaban J connectivity index is 1.86. The lowest BCUT2D eigenvalue weighted by molar-refractivity contribution is -0.116. The van der Waals surface area contributed by atoms with Gasteiger partial charge in [-0.05, 0) is 24.3 Å². The predicted molar refractivity (Wildman–Crippen MR) is 84.9 cm³/mol. The molecule has 0 heterocycles. The van der Waals surface area contributed by atoms with Gasteiger partial charge in [0.25, 0.3) is 5.91 Å². The van der Waals surface area contributed by atoms with Crippen molar-refractivity contribution in [1.29, 1.82) is 0 Å². The quantitative estimate of drug-likeness (QED) is 0.853. The summed E-state index contributed by atoms with van der Waals surface area (Å²) >= 11 is 0. The lowest BCUT2D eigenvalue weighted by Gasteiger charge is -2.09. The molecular formula is C17H16F2N2O3. The first kappa shape index (κ1) is 17.4. The summed E-state index contributed by atoms with van der Waals surface area (Å²) in [6.45, 7) is 0.0413. The van der Waals surface area contributed by atoms with Gasteiger partial charge in [0.05, 0.1) is 18.4 Å². The zero-order valence-electron chi connectivity index (χ0n) is 12.9. The van der Waals surface area contributed by atoms with E-state index in [1.165, 1.54) is 7.11 Å². The number of benzene rings is 2. The standard InChI is InChI=1S/C17H16F2N2O3/c1-24-15-5-3-2-4-12(15)17(23)20-9-8-16(22)21-14-10-11(18)6-7-13(14)19/h2-7,10H,8-9H2,1H3,(H,20,23)(H,21,22). The number of ether oxygens (including phenoxy) is 1. The molecule has 0 saturated heterocycles. The molecule has 0 fully saturated rings. The molecule has 0 bridgehead atoms. The van der Waals surface area contributed by atoms with Crippen molar-refractivity contribution in [2.45, 2.75) is 6.42 Å². The fourth-order valence-electron chi connectivity index (χ4n) is 2.02. The summed E-state index contributed by atoms with van der Waals surface area (Å²) in [7, 11) is 1.45. The Hall–Kier alpha value is -2.96. The Bertz CT molecular complexity index is 750. The number of para-hydroxylation sites is 1. The van der Waals surface area contributed by atoms with Gasteiger partial charge in [-0.25, -0.2) is 8.78 Å². The normalized spacial score (nSPS) is 10.1. The van der Waals surface area contributed by atoms with Crippen molar-refractivity contribution in [2.24, 2.45) is 0 Å². The highest BCUT2D eigenvalue weighted by atomic mass is 19.1. The molecule has 2 amide bonds. The number of hydrogen-bond acceptors (Lipinski definition) is 3. The van der Waals surface area contributed by atoms with E-state index in [1.807, 2.05) is 0 Å². The van der Waals surface area contributed by atoms with Crippen molar-refractivity contribution in [3.8, 4) is 5.75 Å². The average Bonchev–Trinajstić information content (AvgIpc) is 2.58. The van der Waals surface area contributed by atoms with Crippen molar-refractivity contribution in [3.63, 3.8) is 0 Å². The third-order valence-corrected chi connectivity index (χ3v) is 3.19. The summed E-state index contributed by atoms with van der Waals surface area (Å²) in [6.07, 6.45) is -0.0865. The van der Waals surface area contributed by atoms with Gasteiger partial charge in [-0.3, -0.25) is 9.59 Å². The molecule has 0 saturated carbocycles. The molecule has 0 aromatic heterocycles. The fourth-order valence-corrected chi connectivity index (χ4v) is 2.02. The summed E-state index contributed by atoms with van der Waals surface area (Å²) in [4.78, 5) is 23.8. The molecule has 0 aliphatic carbocycles. The number of rotatable bonds is 6. The second-order valence-electron chi connectivity index (χ2n) is 4.88. The topological polar surface area (TPSA) is 67.4 Å². The van der Waals surface area contributed by atoms with Crippen LogP contribution < -0.4 is 15.4 Å². The maximum atomic E-state index is 13.4. The van der Waals surface area contributed by atoms with Crippen molar-refractivity contribution >= 4 is 17.5 Å². The summed E-state index contributed by atoms with van der Waals surface area (Å²) in [5.41, 5.74) is 0.104. The molecule has 126 valence electrons. The van der Waals surface area contributed by atoms with Crippen molar-refractivity contribution in [2.75, 3.05) is 19.0 Å². The number of amides is 2. The molecule has 5 nitrogen and oxygen atoms in total. The maximum absolute atomic E-state index is 13.4. The van der Waals surface area contributed by atoms with Crippen LogP contribution in [0.1, 0.15) is 16.8 Å². The molecule has 2 aromatic rings. The van der Waals surface area contributed by atoms with E-state index in [1.54, 1.807) is 24.3 Å². The Morgan fingerprint density at radius 2 is 1.88 bits per heavy atom. The molecule has 0 aliphatic heterocycles. The molecule has 0 atom stereocenters. The Kier molecular flexibility index (Phi) is 5.83. The van der Waals surface area contributed by atoms with Crippen LogP contribution in [0.3, 0.4) is 0 Å². The first-order chi connectivity index (χ1) is 11.5. The number of carbonyl (C=O) groups excluding carboxylic acids is 2. The summed E-state index contributed by atoms with van der Waals surface area (Å²) in [5, 5.41) is 4.83. The van der Waals surface area contributed by atoms with Crippen LogP contribution >= 0.6 is 0 Å². The van der Waals surface area contributed by atoms with Crippen LogP contribution in [-0.4, -0.2) is 25.5 Å². The van der Waals surface area contributed by atoms with Gasteiger partial charge < -0.3 is 15.4 Å². The van der Waals surface area contributed by atoms with E-state index < -0.39 is 23.4 Å². The molecule has 0 aliphatic rings. The number of nitrogens with one attached hydrogen (secondary N) is 2. The lowest BCUT2D eigenvalue weighted by atomic mass is 10.2. The van der Waals surface area contributed by atoms with E-state index in [-0.39, 0.29) is 18.7 Å². The van der Waals surface area contributed by atoms with Gasteiger partial charge >= 0.3 is 0 Å².